The van der Waals surface area contributed by atoms with Crippen molar-refractivity contribution in [3.05, 3.63) is 27.8 Å². The van der Waals surface area contributed by atoms with Gasteiger partial charge in [-0.1, -0.05) is 12.1 Å². The van der Waals surface area contributed by atoms with Gasteiger partial charge in [0.2, 0.25) is 5.91 Å². The Morgan fingerprint density at radius 1 is 1.44 bits per heavy atom. The predicted octanol–water partition coefficient (Wildman–Crippen LogP) is 2.23. The zero-order valence-corrected chi connectivity index (χ0v) is 11.2. The number of rotatable bonds is 2. The Bertz CT molecular complexity index is 375. The largest absolute Gasteiger partial charge is 0.325 e. The molecule has 0 aromatic heterocycles. The summed E-state index contributed by atoms with van der Waals surface area (Å²) in [5.74, 6) is 0.251. The van der Waals surface area contributed by atoms with Gasteiger partial charge in [0.15, 0.2) is 0 Å². The molecule has 16 heavy (non-hydrogen) atoms. The van der Waals surface area contributed by atoms with Gasteiger partial charge in [-0.05, 0) is 54.1 Å². The molecule has 0 radical (unpaired) electrons. The van der Waals surface area contributed by atoms with Crippen LogP contribution in [0.4, 0.5) is 5.69 Å². The first-order valence-electron chi connectivity index (χ1n) is 5.53. The highest BCUT2D eigenvalue weighted by atomic mass is 127. The zero-order chi connectivity index (χ0) is 11.4. The van der Waals surface area contributed by atoms with Crippen molar-refractivity contribution >= 4 is 34.2 Å². The first kappa shape index (κ1) is 11.9. The van der Waals surface area contributed by atoms with Gasteiger partial charge in [0.25, 0.3) is 0 Å². The molecule has 86 valence electrons. The maximum atomic E-state index is 12.0. The first-order chi connectivity index (χ1) is 7.77. The van der Waals surface area contributed by atoms with Crippen LogP contribution in [-0.2, 0) is 4.79 Å². The fourth-order valence-corrected chi connectivity index (χ4v) is 2.40. The smallest absolute Gasteiger partial charge is 0.228 e. The molecule has 0 saturated carbocycles. The minimum atomic E-state index is 0.116. The molecule has 4 heteroatoms. The van der Waals surface area contributed by atoms with Gasteiger partial charge < -0.3 is 10.6 Å². The molecule has 1 aromatic rings. The summed E-state index contributed by atoms with van der Waals surface area (Å²) < 4.78 is 1.08. The highest BCUT2D eigenvalue weighted by Gasteiger charge is 2.21. The van der Waals surface area contributed by atoms with Crippen LogP contribution in [0.1, 0.15) is 12.8 Å². The van der Waals surface area contributed by atoms with Gasteiger partial charge >= 0.3 is 0 Å². The molecular formula is C12H15IN2O. The van der Waals surface area contributed by atoms with Gasteiger partial charge in [0.1, 0.15) is 0 Å². The Kier molecular flexibility index (Phi) is 4.17. The summed E-state index contributed by atoms with van der Waals surface area (Å²) in [7, 11) is 0. The Morgan fingerprint density at radius 2 is 2.25 bits per heavy atom. The van der Waals surface area contributed by atoms with Gasteiger partial charge in [-0.25, -0.2) is 0 Å². The van der Waals surface area contributed by atoms with Gasteiger partial charge in [0.05, 0.1) is 11.6 Å². The number of halogens is 1. The number of benzene rings is 1. The number of carbonyl (C=O) groups excluding carboxylic acids is 1. The molecule has 1 aliphatic heterocycles. The second kappa shape index (κ2) is 5.63. The van der Waals surface area contributed by atoms with Crippen LogP contribution in [0.15, 0.2) is 24.3 Å². The Labute approximate surface area is 109 Å². The zero-order valence-electron chi connectivity index (χ0n) is 9.00. The van der Waals surface area contributed by atoms with Gasteiger partial charge in [-0.15, -0.1) is 0 Å². The molecule has 1 atom stereocenters. The summed E-state index contributed by atoms with van der Waals surface area (Å²) in [5, 5.41) is 6.25. The highest BCUT2D eigenvalue weighted by molar-refractivity contribution is 14.1. The van der Waals surface area contributed by atoms with Crippen molar-refractivity contribution < 1.29 is 4.79 Å². The van der Waals surface area contributed by atoms with Crippen LogP contribution in [0.2, 0.25) is 0 Å². The van der Waals surface area contributed by atoms with Crippen molar-refractivity contribution in [3.8, 4) is 0 Å². The van der Waals surface area contributed by atoms with E-state index in [0.29, 0.717) is 0 Å². The fourth-order valence-electron chi connectivity index (χ4n) is 1.87. The minimum absolute atomic E-state index is 0.116. The van der Waals surface area contributed by atoms with Gasteiger partial charge in [-0.2, -0.15) is 0 Å². The van der Waals surface area contributed by atoms with E-state index in [2.05, 4.69) is 33.2 Å². The summed E-state index contributed by atoms with van der Waals surface area (Å²) in [5.41, 5.74) is 0.915. The molecule has 1 aliphatic rings. The van der Waals surface area contributed by atoms with E-state index in [4.69, 9.17) is 0 Å². The Balaban J connectivity index is 1.99. The second-order valence-corrected chi connectivity index (χ2v) is 5.17. The molecule has 2 N–H and O–H groups in total. The third-order valence-electron chi connectivity index (χ3n) is 2.80. The van der Waals surface area contributed by atoms with Crippen LogP contribution in [0, 0.1) is 9.49 Å². The molecule has 3 nitrogen and oxygen atoms in total. The third-order valence-corrected chi connectivity index (χ3v) is 3.74. The van der Waals surface area contributed by atoms with E-state index in [1.165, 1.54) is 0 Å². The van der Waals surface area contributed by atoms with E-state index in [0.717, 1.165) is 35.2 Å². The molecular weight excluding hydrogens is 315 g/mol. The van der Waals surface area contributed by atoms with Gasteiger partial charge in [-0.3, -0.25) is 4.79 Å². The SMILES string of the molecule is O=C(Nc1ccccc1I)C1CCCNC1. The molecule has 2 rings (SSSR count). The molecule has 1 saturated heterocycles. The fraction of sp³-hybridized carbons (Fsp3) is 0.417. The number of amides is 1. The van der Waals surface area contributed by atoms with E-state index in [9.17, 15) is 4.79 Å². The summed E-state index contributed by atoms with van der Waals surface area (Å²) >= 11 is 2.23. The quantitative estimate of drug-likeness (QED) is 0.817. The van der Waals surface area contributed by atoms with Crippen LogP contribution in [0.3, 0.4) is 0 Å². The number of carbonyl (C=O) groups is 1. The molecule has 0 aliphatic carbocycles. The summed E-state index contributed by atoms with van der Waals surface area (Å²) in [6.07, 6.45) is 2.08. The van der Waals surface area contributed by atoms with Crippen LogP contribution in [-0.4, -0.2) is 19.0 Å². The topological polar surface area (TPSA) is 41.1 Å². The lowest BCUT2D eigenvalue weighted by Gasteiger charge is -2.22. The molecule has 1 amide bonds. The molecule has 1 unspecified atom stereocenters. The van der Waals surface area contributed by atoms with Crippen LogP contribution in [0.5, 0.6) is 0 Å². The monoisotopic (exact) mass is 330 g/mol. The Hall–Kier alpha value is -0.620. The average Bonchev–Trinajstić information content (AvgIpc) is 2.33. The maximum Gasteiger partial charge on any atom is 0.228 e. The van der Waals surface area contributed by atoms with Crippen molar-refractivity contribution in [1.82, 2.24) is 5.32 Å². The van der Waals surface area contributed by atoms with E-state index >= 15 is 0 Å². The number of piperidine rings is 1. The lowest BCUT2D eigenvalue weighted by molar-refractivity contribution is -0.120. The molecule has 0 spiro atoms. The highest BCUT2D eigenvalue weighted by Crippen LogP contribution is 2.19. The Morgan fingerprint density at radius 3 is 2.94 bits per heavy atom. The van der Waals surface area contributed by atoms with Crippen molar-refractivity contribution in [2.75, 3.05) is 18.4 Å². The lowest BCUT2D eigenvalue weighted by Crippen LogP contribution is -2.37. The minimum Gasteiger partial charge on any atom is -0.325 e. The summed E-state index contributed by atoms with van der Waals surface area (Å²) in [6.45, 7) is 1.84. The molecule has 1 heterocycles. The number of hydrogen-bond acceptors (Lipinski definition) is 2. The number of para-hydroxylation sites is 1. The second-order valence-electron chi connectivity index (χ2n) is 4.01. The molecule has 0 bridgehead atoms. The maximum absolute atomic E-state index is 12.0. The van der Waals surface area contributed by atoms with Crippen molar-refractivity contribution in [2.45, 2.75) is 12.8 Å². The standard InChI is InChI=1S/C12H15IN2O/c13-10-5-1-2-6-11(10)15-12(16)9-4-3-7-14-8-9/h1-2,5-6,9,14H,3-4,7-8H2,(H,15,16). The van der Waals surface area contributed by atoms with Crippen LogP contribution in [0.25, 0.3) is 0 Å². The summed E-state index contributed by atoms with van der Waals surface area (Å²) in [4.78, 5) is 12.0. The molecule has 1 fully saturated rings. The van der Waals surface area contributed by atoms with Crippen molar-refractivity contribution in [1.29, 1.82) is 0 Å². The summed E-state index contributed by atoms with van der Waals surface area (Å²) in [6, 6.07) is 7.85. The number of anilines is 1. The van der Waals surface area contributed by atoms with E-state index in [1.54, 1.807) is 0 Å². The normalized spacial score (nSPS) is 20.4. The average molecular weight is 330 g/mol. The van der Waals surface area contributed by atoms with Crippen molar-refractivity contribution in [3.63, 3.8) is 0 Å². The van der Waals surface area contributed by atoms with Crippen LogP contribution < -0.4 is 10.6 Å². The van der Waals surface area contributed by atoms with Crippen molar-refractivity contribution in [2.24, 2.45) is 5.92 Å². The third kappa shape index (κ3) is 2.95. The lowest BCUT2D eigenvalue weighted by atomic mass is 9.99. The van der Waals surface area contributed by atoms with E-state index in [-0.39, 0.29) is 11.8 Å². The first-order valence-corrected chi connectivity index (χ1v) is 6.61. The van der Waals surface area contributed by atoms with Crippen LogP contribution >= 0.6 is 22.6 Å². The predicted molar refractivity (Wildman–Crippen MR) is 73.4 cm³/mol. The van der Waals surface area contributed by atoms with E-state index in [1.807, 2.05) is 24.3 Å². The number of nitrogens with one attached hydrogen (secondary N) is 2. The van der Waals surface area contributed by atoms with Gasteiger partial charge in [0, 0.05) is 10.1 Å². The molecule has 1 aromatic carbocycles. The number of hydrogen-bond donors (Lipinski definition) is 2. The van der Waals surface area contributed by atoms with E-state index < -0.39 is 0 Å².